The van der Waals surface area contributed by atoms with Gasteiger partial charge in [-0.1, -0.05) is 60.7 Å². The van der Waals surface area contributed by atoms with Gasteiger partial charge in [0, 0.05) is 12.8 Å². The molecule has 2 aromatic carbocycles. The van der Waals surface area contributed by atoms with Crippen LogP contribution in [0.3, 0.4) is 0 Å². The van der Waals surface area contributed by atoms with Crippen molar-refractivity contribution < 1.29 is 32.9 Å². The number of hydrogen-bond acceptors (Lipinski definition) is 1. The van der Waals surface area contributed by atoms with Crippen molar-refractivity contribution in [2.24, 2.45) is 0 Å². The van der Waals surface area contributed by atoms with Gasteiger partial charge in [-0.25, -0.2) is 0 Å². The van der Waals surface area contributed by atoms with Gasteiger partial charge in [0.1, 0.15) is 11.8 Å². The Morgan fingerprint density at radius 3 is 1.92 bits per heavy atom. The van der Waals surface area contributed by atoms with Gasteiger partial charge in [0.2, 0.25) is 0 Å². The van der Waals surface area contributed by atoms with Gasteiger partial charge in [-0.3, -0.25) is 0 Å². The van der Waals surface area contributed by atoms with Crippen LogP contribution >= 0.6 is 0 Å². The molecule has 3 aromatic rings. The molecular weight excluding hydrogens is 433 g/mol. The Kier molecular flexibility index (Phi) is 5.88. The van der Waals surface area contributed by atoms with Gasteiger partial charge < -0.3 is 32.9 Å². The summed E-state index contributed by atoms with van der Waals surface area (Å²) in [5.74, 6) is 2.32. The molecule has 0 bridgehead atoms. The van der Waals surface area contributed by atoms with Crippen LogP contribution in [0, 0.1) is 0 Å². The molecule has 3 heteroatoms. The Hall–Kier alpha value is -1.59. The highest BCUT2D eigenvalue weighted by Gasteiger charge is 2.37. The maximum absolute atomic E-state index is 6.46. The Balaban J connectivity index is 0.00000196. The third kappa shape index (κ3) is 3.74. The Morgan fingerprint density at radius 2 is 1.42 bits per heavy atom. The standard InChI is InChI=1S/C23H26NO.HI/c1-24(2)17-9-14-20(24)21-15-16-22(25-21)23(18-10-5-3-6-11-18)19-12-7-4-8-13-19;/h3-8,10-13,15-16,20,23H,9,14,17H2,1-2H3;1H/q+1;/p-1. The lowest BCUT2D eigenvalue weighted by Gasteiger charge is -2.30. The first-order valence-electron chi connectivity index (χ1n) is 9.17. The number of quaternary nitrogens is 1. The van der Waals surface area contributed by atoms with Gasteiger partial charge in [-0.2, -0.15) is 0 Å². The summed E-state index contributed by atoms with van der Waals surface area (Å²) in [5.41, 5.74) is 2.55. The number of halogens is 1. The predicted octanol–water partition coefficient (Wildman–Crippen LogP) is 2.38. The average molecular weight is 459 g/mol. The van der Waals surface area contributed by atoms with Crippen LogP contribution in [0.15, 0.2) is 77.2 Å². The van der Waals surface area contributed by atoms with Crippen molar-refractivity contribution in [3.63, 3.8) is 0 Å². The summed E-state index contributed by atoms with van der Waals surface area (Å²) in [6, 6.07) is 26.2. The van der Waals surface area contributed by atoms with Crippen molar-refractivity contribution in [1.29, 1.82) is 0 Å². The van der Waals surface area contributed by atoms with E-state index in [1.165, 1.54) is 30.5 Å². The molecule has 1 saturated heterocycles. The molecule has 0 aliphatic carbocycles. The number of rotatable bonds is 4. The van der Waals surface area contributed by atoms with E-state index >= 15 is 0 Å². The third-order valence-electron chi connectivity index (χ3n) is 5.58. The van der Waals surface area contributed by atoms with E-state index in [-0.39, 0.29) is 29.9 Å². The van der Waals surface area contributed by atoms with E-state index in [0.29, 0.717) is 6.04 Å². The lowest BCUT2D eigenvalue weighted by atomic mass is 9.89. The van der Waals surface area contributed by atoms with Crippen LogP contribution in [0.5, 0.6) is 0 Å². The van der Waals surface area contributed by atoms with E-state index in [4.69, 9.17) is 4.42 Å². The molecule has 0 radical (unpaired) electrons. The Labute approximate surface area is 173 Å². The topological polar surface area (TPSA) is 13.1 Å². The van der Waals surface area contributed by atoms with Crippen molar-refractivity contribution >= 4 is 0 Å². The molecule has 1 fully saturated rings. The van der Waals surface area contributed by atoms with Crippen molar-refractivity contribution in [3.8, 4) is 0 Å². The first-order chi connectivity index (χ1) is 12.1. The molecule has 26 heavy (non-hydrogen) atoms. The largest absolute Gasteiger partial charge is 1.00 e. The van der Waals surface area contributed by atoms with Crippen LogP contribution < -0.4 is 24.0 Å². The summed E-state index contributed by atoms with van der Waals surface area (Å²) >= 11 is 0. The zero-order valence-electron chi connectivity index (χ0n) is 15.4. The van der Waals surface area contributed by atoms with E-state index in [9.17, 15) is 0 Å². The molecular formula is C23H26INO. The lowest BCUT2D eigenvalue weighted by Crippen LogP contribution is -3.00. The van der Waals surface area contributed by atoms with Gasteiger partial charge in [-0.15, -0.1) is 0 Å². The van der Waals surface area contributed by atoms with Crippen molar-refractivity contribution in [1.82, 2.24) is 0 Å². The summed E-state index contributed by atoms with van der Waals surface area (Å²) < 4.78 is 7.48. The highest BCUT2D eigenvalue weighted by atomic mass is 127. The zero-order chi connectivity index (χ0) is 17.3. The number of benzene rings is 2. The summed E-state index contributed by atoms with van der Waals surface area (Å²) in [7, 11) is 4.62. The van der Waals surface area contributed by atoms with E-state index in [1.807, 2.05) is 0 Å². The molecule has 0 saturated carbocycles. The van der Waals surface area contributed by atoms with Crippen molar-refractivity contribution in [2.75, 3.05) is 20.6 Å². The normalized spacial score (nSPS) is 18.7. The molecule has 0 N–H and O–H groups in total. The molecule has 1 aliphatic rings. The zero-order valence-corrected chi connectivity index (χ0v) is 17.6. The van der Waals surface area contributed by atoms with Crippen molar-refractivity contribution in [3.05, 3.63) is 95.4 Å². The SMILES string of the molecule is C[N+]1(C)CCCC1c1ccc(C(c2ccccc2)c2ccccc2)o1.[I-]. The minimum absolute atomic E-state index is 0. The predicted molar refractivity (Wildman–Crippen MR) is 101 cm³/mol. The van der Waals surface area contributed by atoms with Gasteiger partial charge in [0.15, 0.2) is 5.76 Å². The van der Waals surface area contributed by atoms with E-state index in [2.05, 4.69) is 86.9 Å². The first-order valence-corrected chi connectivity index (χ1v) is 9.17. The van der Waals surface area contributed by atoms with Crippen molar-refractivity contribution in [2.45, 2.75) is 24.8 Å². The molecule has 0 amide bonds. The average Bonchev–Trinajstić information content (AvgIpc) is 3.23. The summed E-state index contributed by atoms with van der Waals surface area (Å²) in [4.78, 5) is 0. The van der Waals surface area contributed by atoms with Gasteiger partial charge in [0.25, 0.3) is 0 Å². The van der Waals surface area contributed by atoms with Gasteiger partial charge in [-0.05, 0) is 23.3 Å². The monoisotopic (exact) mass is 459 g/mol. The van der Waals surface area contributed by atoms with Gasteiger partial charge in [0.05, 0.1) is 26.6 Å². The second-order valence-electron chi connectivity index (χ2n) is 7.65. The first kappa shape index (κ1) is 19.2. The van der Waals surface area contributed by atoms with Crippen LogP contribution in [0.25, 0.3) is 0 Å². The molecule has 1 unspecified atom stereocenters. The smallest absolute Gasteiger partial charge is 0.161 e. The van der Waals surface area contributed by atoms with Crippen LogP contribution in [0.1, 0.15) is 47.4 Å². The second kappa shape index (κ2) is 7.97. The minimum Gasteiger partial charge on any atom is -1.00 e. The molecule has 136 valence electrons. The number of nitrogens with zero attached hydrogens (tertiary/aromatic N) is 1. The van der Waals surface area contributed by atoms with E-state index < -0.39 is 0 Å². The fraction of sp³-hybridized carbons (Fsp3) is 0.304. The number of furan rings is 1. The molecule has 4 rings (SSSR count). The number of likely N-dealkylation sites (tertiary alicyclic amines) is 1. The van der Waals surface area contributed by atoms with Crippen LogP contribution in [0.4, 0.5) is 0 Å². The minimum atomic E-state index is 0. The van der Waals surface area contributed by atoms with Crippen LogP contribution in [0.2, 0.25) is 0 Å². The fourth-order valence-corrected chi connectivity index (χ4v) is 4.20. The molecule has 2 nitrogen and oxygen atoms in total. The summed E-state index contributed by atoms with van der Waals surface area (Å²) in [6.45, 7) is 1.22. The summed E-state index contributed by atoms with van der Waals surface area (Å²) in [6.07, 6.45) is 2.48. The number of hydrogen-bond donors (Lipinski definition) is 0. The lowest BCUT2D eigenvalue weighted by molar-refractivity contribution is -0.909. The molecule has 2 heterocycles. The second-order valence-corrected chi connectivity index (χ2v) is 7.65. The molecule has 1 aliphatic heterocycles. The summed E-state index contributed by atoms with van der Waals surface area (Å²) in [5, 5.41) is 0. The molecule has 1 aromatic heterocycles. The maximum atomic E-state index is 6.46. The highest BCUT2D eigenvalue weighted by molar-refractivity contribution is 5.39. The third-order valence-corrected chi connectivity index (χ3v) is 5.58. The van der Waals surface area contributed by atoms with Crippen LogP contribution in [-0.2, 0) is 0 Å². The van der Waals surface area contributed by atoms with E-state index in [0.717, 1.165) is 16.0 Å². The van der Waals surface area contributed by atoms with Gasteiger partial charge >= 0.3 is 0 Å². The fourth-order valence-electron chi connectivity index (χ4n) is 4.20. The Morgan fingerprint density at radius 1 is 0.846 bits per heavy atom. The molecule has 1 atom stereocenters. The highest BCUT2D eigenvalue weighted by Crippen LogP contribution is 2.39. The maximum Gasteiger partial charge on any atom is 0.161 e. The van der Waals surface area contributed by atoms with Crippen LogP contribution in [-0.4, -0.2) is 25.1 Å². The molecule has 0 spiro atoms. The Bertz CT molecular complexity index is 786. The van der Waals surface area contributed by atoms with E-state index in [1.54, 1.807) is 0 Å². The quantitative estimate of drug-likeness (QED) is 0.432.